The summed E-state index contributed by atoms with van der Waals surface area (Å²) in [7, 11) is 0. The highest BCUT2D eigenvalue weighted by Crippen LogP contribution is 2.24. The molecule has 1 amide bonds. The summed E-state index contributed by atoms with van der Waals surface area (Å²) in [4.78, 5) is 19.5. The molecule has 1 aromatic heterocycles. The number of halogens is 1. The molecule has 0 saturated carbocycles. The van der Waals surface area contributed by atoms with Gasteiger partial charge in [-0.3, -0.25) is 9.69 Å². The number of furan rings is 1. The Morgan fingerprint density at radius 2 is 1.91 bits per heavy atom. The van der Waals surface area contributed by atoms with Gasteiger partial charge in [-0.1, -0.05) is 25.5 Å². The van der Waals surface area contributed by atoms with Crippen LogP contribution in [0.2, 0.25) is 0 Å². The zero-order valence-corrected chi connectivity index (χ0v) is 22.1. The Balaban J connectivity index is 0.00000385. The van der Waals surface area contributed by atoms with E-state index in [1.54, 1.807) is 6.26 Å². The highest BCUT2D eigenvalue weighted by Gasteiger charge is 2.24. The molecule has 0 aliphatic carbocycles. The minimum absolute atomic E-state index is 0. The highest BCUT2D eigenvalue weighted by atomic mass is 127. The molecular formula is C25H38IN5O2. The van der Waals surface area contributed by atoms with Crippen LogP contribution in [0.5, 0.6) is 0 Å². The van der Waals surface area contributed by atoms with Gasteiger partial charge in [-0.15, -0.1) is 24.0 Å². The number of piperidine rings is 1. The Hall–Kier alpha value is -2.07. The number of carbonyl (C=O) groups excluding carboxylic acids is 1. The lowest BCUT2D eigenvalue weighted by Crippen LogP contribution is -2.44. The number of carbonyl (C=O) groups is 1. The fourth-order valence-electron chi connectivity index (χ4n) is 3.98. The zero-order valence-electron chi connectivity index (χ0n) is 19.8. The van der Waals surface area contributed by atoms with E-state index in [-0.39, 0.29) is 35.9 Å². The van der Waals surface area contributed by atoms with Gasteiger partial charge in [0.2, 0.25) is 0 Å². The third-order valence-electron chi connectivity index (χ3n) is 5.65. The molecule has 1 aromatic carbocycles. The molecule has 7 nitrogen and oxygen atoms in total. The van der Waals surface area contributed by atoms with E-state index in [9.17, 15) is 4.79 Å². The Morgan fingerprint density at radius 1 is 1.09 bits per heavy atom. The van der Waals surface area contributed by atoms with Crippen LogP contribution < -0.4 is 16.0 Å². The molecule has 0 bridgehead atoms. The first-order valence-corrected chi connectivity index (χ1v) is 11.9. The van der Waals surface area contributed by atoms with Crippen LogP contribution in [0.3, 0.4) is 0 Å². The molecule has 1 fully saturated rings. The summed E-state index contributed by atoms with van der Waals surface area (Å²) >= 11 is 0. The summed E-state index contributed by atoms with van der Waals surface area (Å²) in [5.74, 6) is 1.72. The van der Waals surface area contributed by atoms with Crippen LogP contribution in [-0.4, -0.2) is 49.5 Å². The Bertz CT molecular complexity index is 850. The van der Waals surface area contributed by atoms with E-state index in [1.807, 2.05) is 37.3 Å². The van der Waals surface area contributed by atoms with Crippen molar-refractivity contribution in [2.24, 2.45) is 4.99 Å². The molecule has 33 heavy (non-hydrogen) atoms. The smallest absolute Gasteiger partial charge is 0.251 e. The first-order valence-electron chi connectivity index (χ1n) is 11.9. The number of benzene rings is 1. The summed E-state index contributed by atoms with van der Waals surface area (Å²) in [6.45, 7) is 8.97. The van der Waals surface area contributed by atoms with Gasteiger partial charge in [0, 0.05) is 25.2 Å². The number of likely N-dealkylation sites (tertiary alicyclic amines) is 1. The van der Waals surface area contributed by atoms with Crippen LogP contribution in [0.15, 0.2) is 52.1 Å². The summed E-state index contributed by atoms with van der Waals surface area (Å²) in [6.07, 6.45) is 6.43. The molecular weight excluding hydrogens is 529 g/mol. The Kier molecular flexibility index (Phi) is 12.3. The number of hydrogen-bond acceptors (Lipinski definition) is 4. The van der Waals surface area contributed by atoms with Crippen LogP contribution in [0.25, 0.3) is 0 Å². The third-order valence-corrected chi connectivity index (χ3v) is 5.65. The van der Waals surface area contributed by atoms with E-state index < -0.39 is 0 Å². The van der Waals surface area contributed by atoms with E-state index in [4.69, 9.17) is 9.41 Å². The van der Waals surface area contributed by atoms with E-state index in [1.165, 1.54) is 19.3 Å². The minimum Gasteiger partial charge on any atom is -0.468 e. The Labute approximate surface area is 214 Å². The van der Waals surface area contributed by atoms with Crippen LogP contribution in [0, 0.1) is 0 Å². The largest absolute Gasteiger partial charge is 0.468 e. The zero-order chi connectivity index (χ0) is 22.6. The number of hydrogen-bond donors (Lipinski definition) is 3. The van der Waals surface area contributed by atoms with Crippen molar-refractivity contribution in [3.63, 3.8) is 0 Å². The molecule has 0 radical (unpaired) electrons. The maximum atomic E-state index is 12.3. The number of rotatable bonds is 10. The van der Waals surface area contributed by atoms with Gasteiger partial charge < -0.3 is 20.4 Å². The molecule has 182 valence electrons. The molecule has 1 saturated heterocycles. The predicted octanol–water partition coefficient (Wildman–Crippen LogP) is 4.32. The quantitative estimate of drug-likeness (QED) is 0.227. The lowest BCUT2D eigenvalue weighted by molar-refractivity contribution is 0.0953. The van der Waals surface area contributed by atoms with Gasteiger partial charge >= 0.3 is 0 Å². The van der Waals surface area contributed by atoms with Crippen molar-refractivity contribution in [2.45, 2.75) is 52.1 Å². The van der Waals surface area contributed by atoms with Gasteiger partial charge in [0.15, 0.2) is 5.96 Å². The summed E-state index contributed by atoms with van der Waals surface area (Å²) in [5.41, 5.74) is 1.68. The fraction of sp³-hybridized carbons (Fsp3) is 0.520. The predicted molar refractivity (Wildman–Crippen MR) is 144 cm³/mol. The molecule has 1 aliphatic heterocycles. The monoisotopic (exact) mass is 567 g/mol. The second kappa shape index (κ2) is 15.0. The number of nitrogens with zero attached hydrogens (tertiary/aromatic N) is 2. The van der Waals surface area contributed by atoms with Crippen LogP contribution in [0.4, 0.5) is 0 Å². The third kappa shape index (κ3) is 8.66. The highest BCUT2D eigenvalue weighted by molar-refractivity contribution is 14.0. The average molecular weight is 568 g/mol. The molecule has 3 N–H and O–H groups in total. The number of amides is 1. The van der Waals surface area contributed by atoms with Crippen molar-refractivity contribution < 1.29 is 9.21 Å². The molecule has 1 unspecified atom stereocenters. The molecule has 2 aromatic rings. The SMILES string of the molecule is CCCNC(=O)c1cccc(CN=C(NCC)NCC(c2ccco2)N2CCCCC2)c1.I. The average Bonchev–Trinajstić information content (AvgIpc) is 3.36. The first kappa shape index (κ1) is 27.2. The maximum absolute atomic E-state index is 12.3. The van der Waals surface area contributed by atoms with Gasteiger partial charge in [0.25, 0.3) is 5.91 Å². The van der Waals surface area contributed by atoms with Gasteiger partial charge in [-0.05, 0) is 69.1 Å². The van der Waals surface area contributed by atoms with E-state index >= 15 is 0 Å². The molecule has 0 spiro atoms. The van der Waals surface area contributed by atoms with Crippen LogP contribution >= 0.6 is 24.0 Å². The summed E-state index contributed by atoms with van der Waals surface area (Å²) in [5, 5.41) is 9.76. The first-order chi connectivity index (χ1) is 15.7. The van der Waals surface area contributed by atoms with Gasteiger partial charge in [-0.2, -0.15) is 0 Å². The molecule has 8 heteroatoms. The standard InChI is InChI=1S/C25H37N5O2.HI/c1-3-13-27-24(31)21-11-8-10-20(17-21)18-28-25(26-4-2)29-19-22(23-12-9-16-32-23)30-14-6-5-7-15-30;/h8-12,16-17,22H,3-7,13-15,18-19H2,1-2H3,(H,27,31)(H2,26,28,29);1H. The second-order valence-corrected chi connectivity index (χ2v) is 8.16. The van der Waals surface area contributed by atoms with Crippen molar-refractivity contribution >= 4 is 35.8 Å². The van der Waals surface area contributed by atoms with E-state index in [0.717, 1.165) is 49.9 Å². The lowest BCUT2D eigenvalue weighted by atomic mass is 10.1. The van der Waals surface area contributed by atoms with E-state index in [2.05, 4.69) is 33.8 Å². The summed E-state index contributed by atoms with van der Waals surface area (Å²) < 4.78 is 5.75. The molecule has 2 heterocycles. The molecule has 3 rings (SSSR count). The van der Waals surface area contributed by atoms with Crippen LogP contribution in [0.1, 0.15) is 67.3 Å². The van der Waals surface area contributed by atoms with Crippen molar-refractivity contribution in [3.05, 3.63) is 59.5 Å². The van der Waals surface area contributed by atoms with Crippen molar-refractivity contribution in [1.82, 2.24) is 20.9 Å². The van der Waals surface area contributed by atoms with Crippen molar-refractivity contribution in [1.29, 1.82) is 0 Å². The molecule has 1 aliphatic rings. The summed E-state index contributed by atoms with van der Waals surface area (Å²) in [6, 6.07) is 11.9. The Morgan fingerprint density at radius 3 is 2.61 bits per heavy atom. The van der Waals surface area contributed by atoms with Crippen molar-refractivity contribution in [2.75, 3.05) is 32.7 Å². The number of nitrogens with one attached hydrogen (secondary N) is 3. The van der Waals surface area contributed by atoms with Crippen molar-refractivity contribution in [3.8, 4) is 0 Å². The topological polar surface area (TPSA) is 81.9 Å². The number of aliphatic imine (C=N–C) groups is 1. The minimum atomic E-state index is -0.0365. The fourth-order valence-corrected chi connectivity index (χ4v) is 3.98. The maximum Gasteiger partial charge on any atom is 0.251 e. The normalized spacial score (nSPS) is 15.4. The van der Waals surface area contributed by atoms with Gasteiger partial charge in [0.05, 0.1) is 18.8 Å². The van der Waals surface area contributed by atoms with Gasteiger partial charge in [-0.25, -0.2) is 4.99 Å². The number of guanidine groups is 1. The van der Waals surface area contributed by atoms with E-state index in [0.29, 0.717) is 18.7 Å². The second-order valence-electron chi connectivity index (χ2n) is 8.16. The lowest BCUT2D eigenvalue weighted by Gasteiger charge is -2.33. The molecule has 1 atom stereocenters. The van der Waals surface area contributed by atoms with Gasteiger partial charge in [0.1, 0.15) is 5.76 Å². The van der Waals surface area contributed by atoms with Crippen LogP contribution in [-0.2, 0) is 6.54 Å².